The van der Waals surface area contributed by atoms with Crippen LogP contribution in [0.5, 0.6) is 0 Å². The van der Waals surface area contributed by atoms with Gasteiger partial charge >= 0.3 is 5.97 Å². The van der Waals surface area contributed by atoms with Gasteiger partial charge in [-0.25, -0.2) is 0 Å². The quantitative estimate of drug-likeness (QED) is 0.460. The minimum absolute atomic E-state index is 0.0534. The number of carbonyl (C=O) groups is 2. The molecule has 174 valence electrons. The molecule has 0 aromatic heterocycles. The van der Waals surface area contributed by atoms with Crippen molar-refractivity contribution in [1.82, 2.24) is 0 Å². The summed E-state index contributed by atoms with van der Waals surface area (Å²) >= 11 is 0. The molecule has 0 spiro atoms. The Kier molecular flexibility index (Phi) is 9.30. The standard InChI is InChI=1S/C27H38N2O3/c1-18(2)16-29(17-19(3)4)25-12-11-23(21(6)13-27(31)32)15-24(25)28-26(30)14-22-9-7-20(5)8-10-22/h7-12,15,18-19,21H,13-14,16-17H2,1-6H3,(H,28,30)(H,31,32)/t21-/m1/s1. The normalized spacial score (nSPS) is 12.1. The highest BCUT2D eigenvalue weighted by atomic mass is 16.4. The number of benzene rings is 2. The molecule has 2 rings (SSSR count). The fourth-order valence-corrected chi connectivity index (χ4v) is 3.85. The van der Waals surface area contributed by atoms with Crippen LogP contribution in [0.2, 0.25) is 0 Å². The maximum atomic E-state index is 12.9. The van der Waals surface area contributed by atoms with Crippen LogP contribution in [0.4, 0.5) is 11.4 Å². The number of rotatable bonds is 11. The van der Waals surface area contributed by atoms with E-state index in [4.69, 9.17) is 0 Å². The van der Waals surface area contributed by atoms with Crippen molar-refractivity contribution in [1.29, 1.82) is 0 Å². The molecule has 5 heteroatoms. The number of hydrogen-bond acceptors (Lipinski definition) is 3. The molecule has 1 amide bonds. The van der Waals surface area contributed by atoms with E-state index >= 15 is 0 Å². The molecule has 0 saturated heterocycles. The Labute approximate surface area is 192 Å². The molecule has 0 aliphatic carbocycles. The lowest BCUT2D eigenvalue weighted by molar-refractivity contribution is -0.137. The molecule has 1 atom stereocenters. The Hall–Kier alpha value is -2.82. The Morgan fingerprint density at radius 1 is 0.938 bits per heavy atom. The first-order valence-electron chi connectivity index (χ1n) is 11.5. The van der Waals surface area contributed by atoms with E-state index in [0.29, 0.717) is 18.3 Å². The first-order valence-corrected chi connectivity index (χ1v) is 11.5. The first-order chi connectivity index (χ1) is 15.0. The number of nitrogens with zero attached hydrogens (tertiary/aromatic N) is 1. The Morgan fingerprint density at radius 2 is 1.53 bits per heavy atom. The zero-order valence-corrected chi connectivity index (χ0v) is 20.3. The van der Waals surface area contributed by atoms with Crippen molar-refractivity contribution in [3.63, 3.8) is 0 Å². The van der Waals surface area contributed by atoms with E-state index in [1.54, 1.807) is 0 Å². The molecule has 0 aliphatic rings. The predicted molar refractivity (Wildman–Crippen MR) is 133 cm³/mol. The van der Waals surface area contributed by atoms with Gasteiger partial charge in [0.05, 0.1) is 24.2 Å². The lowest BCUT2D eigenvalue weighted by atomic mass is 9.96. The summed E-state index contributed by atoms with van der Waals surface area (Å²) in [5.41, 5.74) is 4.77. The van der Waals surface area contributed by atoms with Gasteiger partial charge < -0.3 is 15.3 Å². The van der Waals surface area contributed by atoms with Crippen LogP contribution in [0.25, 0.3) is 0 Å². The number of hydrogen-bond donors (Lipinski definition) is 2. The van der Waals surface area contributed by atoms with Crippen LogP contribution in [0, 0.1) is 18.8 Å². The summed E-state index contributed by atoms with van der Waals surface area (Å²) < 4.78 is 0. The third-order valence-electron chi connectivity index (χ3n) is 5.34. The van der Waals surface area contributed by atoms with Crippen molar-refractivity contribution < 1.29 is 14.7 Å². The highest BCUT2D eigenvalue weighted by molar-refractivity contribution is 5.95. The van der Waals surface area contributed by atoms with Gasteiger partial charge in [-0.05, 0) is 47.9 Å². The van der Waals surface area contributed by atoms with Crippen molar-refractivity contribution in [2.45, 2.75) is 60.3 Å². The maximum absolute atomic E-state index is 12.9. The summed E-state index contributed by atoms with van der Waals surface area (Å²) in [6.45, 7) is 14.4. The molecule has 5 nitrogen and oxygen atoms in total. The van der Waals surface area contributed by atoms with E-state index in [9.17, 15) is 14.7 Å². The van der Waals surface area contributed by atoms with Gasteiger partial charge in [-0.3, -0.25) is 9.59 Å². The molecule has 0 fully saturated rings. The smallest absolute Gasteiger partial charge is 0.303 e. The second-order valence-electron chi connectivity index (χ2n) is 9.68. The third kappa shape index (κ3) is 8.03. The zero-order chi connectivity index (χ0) is 23.8. The summed E-state index contributed by atoms with van der Waals surface area (Å²) in [4.78, 5) is 26.5. The molecule has 2 N–H and O–H groups in total. The molecule has 0 saturated carbocycles. The average Bonchev–Trinajstić information content (AvgIpc) is 2.68. The minimum Gasteiger partial charge on any atom is -0.481 e. The van der Waals surface area contributed by atoms with E-state index in [-0.39, 0.29) is 18.2 Å². The molecule has 0 unspecified atom stereocenters. The van der Waals surface area contributed by atoms with Crippen molar-refractivity contribution in [2.24, 2.45) is 11.8 Å². The van der Waals surface area contributed by atoms with Crippen molar-refractivity contribution in [2.75, 3.05) is 23.3 Å². The minimum atomic E-state index is -0.826. The number of carboxylic acid groups (broad SMARTS) is 1. The fraction of sp³-hybridized carbons (Fsp3) is 0.481. The summed E-state index contributed by atoms with van der Waals surface area (Å²) in [6.07, 6.45) is 0.348. The molecular formula is C27H38N2O3. The number of nitrogens with one attached hydrogen (secondary N) is 1. The highest BCUT2D eigenvalue weighted by Gasteiger charge is 2.19. The molecule has 0 heterocycles. The number of aliphatic carboxylic acids is 1. The lowest BCUT2D eigenvalue weighted by Gasteiger charge is -2.31. The molecule has 2 aromatic carbocycles. The van der Waals surface area contributed by atoms with E-state index in [2.05, 4.69) is 37.9 Å². The van der Waals surface area contributed by atoms with Crippen LogP contribution in [0.1, 0.15) is 63.6 Å². The van der Waals surface area contributed by atoms with Gasteiger partial charge in [0.1, 0.15) is 0 Å². The lowest BCUT2D eigenvalue weighted by Crippen LogP contribution is -2.32. The SMILES string of the molecule is Cc1ccc(CC(=O)Nc2cc([C@H](C)CC(=O)O)ccc2N(CC(C)C)CC(C)C)cc1. The zero-order valence-electron chi connectivity index (χ0n) is 20.3. The van der Waals surface area contributed by atoms with Gasteiger partial charge in [0.15, 0.2) is 0 Å². The monoisotopic (exact) mass is 438 g/mol. The van der Waals surface area contributed by atoms with Crippen LogP contribution in [0.3, 0.4) is 0 Å². The van der Waals surface area contributed by atoms with E-state index < -0.39 is 5.97 Å². The number of anilines is 2. The molecule has 0 bridgehead atoms. The Bertz CT molecular complexity index is 894. The predicted octanol–water partition coefficient (Wildman–Crippen LogP) is 5.87. The average molecular weight is 439 g/mol. The number of aryl methyl sites for hydroxylation is 1. The second kappa shape index (κ2) is 11.7. The molecule has 32 heavy (non-hydrogen) atoms. The van der Waals surface area contributed by atoms with Crippen molar-refractivity contribution >= 4 is 23.3 Å². The fourth-order valence-electron chi connectivity index (χ4n) is 3.85. The van der Waals surface area contributed by atoms with Crippen molar-refractivity contribution in [3.05, 3.63) is 59.2 Å². The summed E-state index contributed by atoms with van der Waals surface area (Å²) in [5, 5.41) is 12.3. The molecule has 2 aromatic rings. The number of carboxylic acids is 1. The maximum Gasteiger partial charge on any atom is 0.303 e. The third-order valence-corrected chi connectivity index (χ3v) is 5.34. The van der Waals surface area contributed by atoms with E-state index in [1.807, 2.05) is 56.3 Å². The first kappa shape index (κ1) is 25.4. The van der Waals surface area contributed by atoms with Crippen LogP contribution >= 0.6 is 0 Å². The van der Waals surface area contributed by atoms with E-state index in [1.165, 1.54) is 0 Å². The van der Waals surface area contributed by atoms with Crippen LogP contribution in [-0.4, -0.2) is 30.1 Å². The van der Waals surface area contributed by atoms with Gasteiger partial charge in [-0.2, -0.15) is 0 Å². The Balaban J connectivity index is 2.37. The number of amides is 1. The Morgan fingerprint density at radius 3 is 2.06 bits per heavy atom. The molecule has 0 radical (unpaired) electrons. The molecule has 0 aliphatic heterocycles. The van der Waals surface area contributed by atoms with Gasteiger partial charge in [-0.15, -0.1) is 0 Å². The van der Waals surface area contributed by atoms with Gasteiger partial charge in [0, 0.05) is 13.1 Å². The topological polar surface area (TPSA) is 69.6 Å². The summed E-state index contributed by atoms with van der Waals surface area (Å²) in [5.74, 6) is -0.108. The summed E-state index contributed by atoms with van der Waals surface area (Å²) in [7, 11) is 0. The highest BCUT2D eigenvalue weighted by Crippen LogP contribution is 2.32. The van der Waals surface area contributed by atoms with E-state index in [0.717, 1.165) is 41.2 Å². The molecular weight excluding hydrogens is 400 g/mol. The van der Waals surface area contributed by atoms with Gasteiger partial charge in [-0.1, -0.05) is 70.5 Å². The van der Waals surface area contributed by atoms with Crippen LogP contribution in [0.15, 0.2) is 42.5 Å². The largest absolute Gasteiger partial charge is 0.481 e. The number of carbonyl (C=O) groups excluding carboxylic acids is 1. The van der Waals surface area contributed by atoms with Crippen molar-refractivity contribution in [3.8, 4) is 0 Å². The van der Waals surface area contributed by atoms with Gasteiger partial charge in [0.25, 0.3) is 0 Å². The summed E-state index contributed by atoms with van der Waals surface area (Å²) in [6, 6.07) is 13.9. The van der Waals surface area contributed by atoms with Gasteiger partial charge in [0.2, 0.25) is 5.91 Å². The van der Waals surface area contributed by atoms with Crippen LogP contribution < -0.4 is 10.2 Å². The second-order valence-corrected chi connectivity index (χ2v) is 9.68. The van der Waals surface area contributed by atoms with Crippen LogP contribution in [-0.2, 0) is 16.0 Å².